The quantitative estimate of drug-likeness (QED) is 0.807. The number of fused-ring (bicyclic) bond motifs is 1. The first-order chi connectivity index (χ1) is 14.0. The number of carbonyl (C=O) groups is 1. The summed E-state index contributed by atoms with van der Waals surface area (Å²) in [5.74, 6) is 1.65. The minimum absolute atomic E-state index is 0.0989. The molecule has 29 heavy (non-hydrogen) atoms. The molecule has 7 heteroatoms. The Morgan fingerprint density at radius 2 is 2.10 bits per heavy atom. The summed E-state index contributed by atoms with van der Waals surface area (Å²) in [6, 6.07) is 5.71. The first-order valence-corrected chi connectivity index (χ1v) is 11.1. The summed E-state index contributed by atoms with van der Waals surface area (Å²) in [5.41, 5.74) is 1.17. The van der Waals surface area contributed by atoms with Crippen molar-refractivity contribution in [2.24, 2.45) is 5.92 Å². The van der Waals surface area contributed by atoms with Crippen molar-refractivity contribution < 1.29 is 19.4 Å². The van der Waals surface area contributed by atoms with Gasteiger partial charge in [0.15, 0.2) is 11.5 Å². The maximum absolute atomic E-state index is 12.8. The van der Waals surface area contributed by atoms with Gasteiger partial charge in [0.05, 0.1) is 31.9 Å². The number of nitrogens with zero attached hydrogens (tertiary/aromatic N) is 2. The van der Waals surface area contributed by atoms with Crippen molar-refractivity contribution in [3.8, 4) is 22.1 Å². The fourth-order valence-corrected chi connectivity index (χ4v) is 5.37. The number of ether oxygens (including phenoxy) is 2. The average Bonchev–Trinajstić information content (AvgIpc) is 3.20. The molecule has 2 aromatic rings. The van der Waals surface area contributed by atoms with Gasteiger partial charge >= 0.3 is 0 Å². The van der Waals surface area contributed by atoms with Crippen molar-refractivity contribution in [3.63, 3.8) is 0 Å². The highest BCUT2D eigenvalue weighted by molar-refractivity contribution is 7.13. The van der Waals surface area contributed by atoms with Gasteiger partial charge < -0.3 is 19.5 Å². The summed E-state index contributed by atoms with van der Waals surface area (Å²) in [7, 11) is 3.22. The monoisotopic (exact) mass is 416 g/mol. The van der Waals surface area contributed by atoms with Crippen LogP contribution in [0.4, 0.5) is 0 Å². The van der Waals surface area contributed by atoms with E-state index in [1.165, 1.54) is 11.3 Å². The Labute approximate surface area is 175 Å². The van der Waals surface area contributed by atoms with Crippen LogP contribution in [0.2, 0.25) is 0 Å². The molecule has 1 N–H and O–H groups in total. The van der Waals surface area contributed by atoms with Crippen LogP contribution in [0.5, 0.6) is 11.5 Å². The number of hydrogen-bond acceptors (Lipinski definition) is 6. The molecule has 1 saturated carbocycles. The van der Waals surface area contributed by atoms with E-state index in [4.69, 9.17) is 9.47 Å². The Morgan fingerprint density at radius 1 is 1.28 bits per heavy atom. The Bertz CT molecular complexity index is 883. The highest BCUT2D eigenvalue weighted by Crippen LogP contribution is 2.40. The molecule has 6 nitrogen and oxygen atoms in total. The van der Waals surface area contributed by atoms with E-state index in [1.807, 2.05) is 28.5 Å². The van der Waals surface area contributed by atoms with E-state index in [0.717, 1.165) is 41.9 Å². The lowest BCUT2D eigenvalue weighted by Gasteiger charge is -2.47. The molecule has 156 valence electrons. The number of amides is 1. The van der Waals surface area contributed by atoms with Crippen molar-refractivity contribution >= 4 is 17.2 Å². The standard InChI is InChI=1S/C22H28N2O4S/c1-27-18-7-6-15(11-19(18)28-2)21-23-17(14-29-21)12-20(25)24-10-9-22(26)8-4-3-5-16(22)13-24/h6-7,11,14,16,26H,3-5,8-10,12-13H2,1-2H3/t16-,22-/m0/s1. The van der Waals surface area contributed by atoms with Gasteiger partial charge in [0.1, 0.15) is 5.01 Å². The van der Waals surface area contributed by atoms with Crippen molar-refractivity contribution in [3.05, 3.63) is 29.3 Å². The van der Waals surface area contributed by atoms with Gasteiger partial charge in [-0.25, -0.2) is 4.98 Å². The van der Waals surface area contributed by atoms with Crippen LogP contribution < -0.4 is 9.47 Å². The third-order valence-corrected chi connectivity index (χ3v) is 7.24. The lowest BCUT2D eigenvalue weighted by atomic mass is 9.71. The van der Waals surface area contributed by atoms with Crippen LogP contribution >= 0.6 is 11.3 Å². The highest BCUT2D eigenvalue weighted by atomic mass is 32.1. The number of aliphatic hydroxyl groups is 1. The molecule has 1 aliphatic heterocycles. The molecular weight excluding hydrogens is 388 g/mol. The second-order valence-corrected chi connectivity index (χ2v) is 8.88. The fourth-order valence-electron chi connectivity index (χ4n) is 4.55. The average molecular weight is 417 g/mol. The van der Waals surface area contributed by atoms with Crippen molar-refractivity contribution in [2.75, 3.05) is 27.3 Å². The summed E-state index contributed by atoms with van der Waals surface area (Å²) in [6.07, 6.45) is 5.13. The predicted octanol–water partition coefficient (Wildman–Crippen LogP) is 3.52. The van der Waals surface area contributed by atoms with E-state index >= 15 is 0 Å². The second kappa shape index (κ2) is 8.32. The largest absolute Gasteiger partial charge is 0.493 e. The van der Waals surface area contributed by atoms with Crippen molar-refractivity contribution in [1.82, 2.24) is 9.88 Å². The Hall–Kier alpha value is -2.12. The summed E-state index contributed by atoms with van der Waals surface area (Å²) in [4.78, 5) is 19.4. The topological polar surface area (TPSA) is 71.9 Å². The maximum atomic E-state index is 12.8. The Balaban J connectivity index is 1.42. The van der Waals surface area contributed by atoms with Crippen LogP contribution in [0, 0.1) is 5.92 Å². The molecule has 2 fully saturated rings. The molecule has 1 amide bonds. The van der Waals surface area contributed by atoms with Gasteiger partial charge in [0.2, 0.25) is 5.91 Å². The van der Waals surface area contributed by atoms with E-state index in [9.17, 15) is 9.90 Å². The summed E-state index contributed by atoms with van der Waals surface area (Å²) < 4.78 is 10.7. The number of hydrogen-bond donors (Lipinski definition) is 1. The summed E-state index contributed by atoms with van der Waals surface area (Å²) in [6.45, 7) is 1.31. The lowest BCUT2D eigenvalue weighted by Crippen LogP contribution is -2.54. The molecule has 2 heterocycles. The van der Waals surface area contributed by atoms with E-state index < -0.39 is 5.60 Å². The minimum Gasteiger partial charge on any atom is -0.493 e. The number of carbonyl (C=O) groups excluding carboxylic acids is 1. The third kappa shape index (κ3) is 4.12. The first kappa shape index (κ1) is 20.2. The zero-order valence-electron chi connectivity index (χ0n) is 17.0. The molecule has 2 aliphatic rings. The number of piperidine rings is 1. The molecule has 0 unspecified atom stereocenters. The van der Waals surface area contributed by atoms with Gasteiger partial charge in [-0.3, -0.25) is 4.79 Å². The van der Waals surface area contributed by atoms with Gasteiger partial charge in [-0.15, -0.1) is 11.3 Å². The van der Waals surface area contributed by atoms with Crippen LogP contribution in [0.3, 0.4) is 0 Å². The van der Waals surface area contributed by atoms with Gasteiger partial charge in [-0.2, -0.15) is 0 Å². The molecule has 0 bridgehead atoms. The van der Waals surface area contributed by atoms with Crippen molar-refractivity contribution in [2.45, 2.75) is 44.1 Å². The molecule has 0 spiro atoms. The molecule has 1 saturated heterocycles. The molecule has 1 aromatic heterocycles. The van der Waals surface area contributed by atoms with Gasteiger partial charge in [-0.05, 0) is 37.5 Å². The molecule has 2 atom stereocenters. The van der Waals surface area contributed by atoms with E-state index in [-0.39, 0.29) is 11.8 Å². The Morgan fingerprint density at radius 3 is 2.90 bits per heavy atom. The second-order valence-electron chi connectivity index (χ2n) is 8.03. The van der Waals surface area contributed by atoms with Gasteiger partial charge in [-0.1, -0.05) is 12.8 Å². The molecule has 4 rings (SSSR count). The SMILES string of the molecule is COc1ccc(-c2nc(CC(=O)N3CC[C@@]4(O)CCCC[C@H]4C3)cs2)cc1OC. The van der Waals surface area contributed by atoms with E-state index in [2.05, 4.69) is 4.98 Å². The molecule has 1 aliphatic carbocycles. The number of thiazole rings is 1. The van der Waals surface area contributed by atoms with E-state index in [1.54, 1.807) is 14.2 Å². The minimum atomic E-state index is -0.559. The highest BCUT2D eigenvalue weighted by Gasteiger charge is 2.43. The third-order valence-electron chi connectivity index (χ3n) is 6.29. The molecule has 1 aromatic carbocycles. The first-order valence-electron chi connectivity index (χ1n) is 10.2. The zero-order valence-corrected chi connectivity index (χ0v) is 17.8. The smallest absolute Gasteiger partial charge is 0.228 e. The number of rotatable bonds is 5. The number of likely N-dealkylation sites (tertiary alicyclic amines) is 1. The van der Waals surface area contributed by atoms with Crippen LogP contribution in [-0.2, 0) is 11.2 Å². The van der Waals surface area contributed by atoms with Crippen LogP contribution in [0.15, 0.2) is 23.6 Å². The number of benzene rings is 1. The van der Waals surface area contributed by atoms with Gasteiger partial charge in [0.25, 0.3) is 0 Å². The van der Waals surface area contributed by atoms with E-state index in [0.29, 0.717) is 37.4 Å². The molecular formula is C22H28N2O4S. The fraction of sp³-hybridized carbons (Fsp3) is 0.545. The van der Waals surface area contributed by atoms with Gasteiger partial charge in [0, 0.05) is 30.0 Å². The summed E-state index contributed by atoms with van der Waals surface area (Å²) >= 11 is 1.52. The maximum Gasteiger partial charge on any atom is 0.228 e. The predicted molar refractivity (Wildman–Crippen MR) is 112 cm³/mol. The Kier molecular flexibility index (Phi) is 5.79. The van der Waals surface area contributed by atoms with Crippen LogP contribution in [-0.4, -0.2) is 53.8 Å². The van der Waals surface area contributed by atoms with Crippen LogP contribution in [0.25, 0.3) is 10.6 Å². The van der Waals surface area contributed by atoms with Crippen molar-refractivity contribution in [1.29, 1.82) is 0 Å². The summed E-state index contributed by atoms with van der Waals surface area (Å²) in [5, 5.41) is 13.6. The lowest BCUT2D eigenvalue weighted by molar-refractivity contribution is -0.142. The normalized spacial score (nSPS) is 24.1. The molecule has 0 radical (unpaired) electrons. The number of aromatic nitrogens is 1. The van der Waals surface area contributed by atoms with Crippen LogP contribution in [0.1, 0.15) is 37.8 Å². The number of methoxy groups -OCH3 is 2. The zero-order chi connectivity index (χ0) is 20.4.